The number of fused-ring (bicyclic) bond motifs is 2. The van der Waals surface area contributed by atoms with Crippen LogP contribution in [0.1, 0.15) is 17.5 Å². The van der Waals surface area contributed by atoms with E-state index in [0.717, 1.165) is 12.0 Å². The van der Waals surface area contributed by atoms with Crippen LogP contribution in [0.4, 0.5) is 10.2 Å². The maximum atomic E-state index is 14.3. The number of hydrogen-bond donors (Lipinski definition) is 1. The number of aromatic amines is 1. The van der Waals surface area contributed by atoms with Gasteiger partial charge in [-0.3, -0.25) is 19.6 Å². The lowest BCUT2D eigenvalue weighted by Gasteiger charge is -2.30. The van der Waals surface area contributed by atoms with Crippen molar-refractivity contribution in [1.29, 1.82) is 0 Å². The van der Waals surface area contributed by atoms with Gasteiger partial charge in [0.2, 0.25) is 11.8 Å². The first-order chi connectivity index (χ1) is 13.6. The summed E-state index contributed by atoms with van der Waals surface area (Å²) in [6.07, 6.45) is 0.946. The Morgan fingerprint density at radius 1 is 1.14 bits per heavy atom. The summed E-state index contributed by atoms with van der Waals surface area (Å²) in [5, 5.41) is 7.19. The molecule has 3 aromatic rings. The first kappa shape index (κ1) is 16.9. The topological polar surface area (TPSA) is 69.3 Å². The Morgan fingerprint density at radius 2 is 1.96 bits per heavy atom. The molecule has 28 heavy (non-hydrogen) atoms. The van der Waals surface area contributed by atoms with E-state index in [9.17, 15) is 14.0 Å². The number of H-pyrrole nitrogens is 1. The second-order valence-corrected chi connectivity index (χ2v) is 7.39. The molecule has 1 fully saturated rings. The number of carbonyl (C=O) groups excluding carboxylic acids is 2. The van der Waals surface area contributed by atoms with E-state index in [1.165, 1.54) is 16.5 Å². The molecule has 5 rings (SSSR count). The Hall–Kier alpha value is -3.22. The molecular weight excluding hydrogens is 359 g/mol. The minimum Gasteiger partial charge on any atom is -0.338 e. The average Bonchev–Trinajstić information content (AvgIpc) is 3.31. The molecule has 1 atom stereocenters. The molecule has 2 amide bonds. The number of benzene rings is 2. The number of carbonyl (C=O) groups is 2. The highest BCUT2D eigenvalue weighted by atomic mass is 19.1. The molecule has 6 nitrogen and oxygen atoms in total. The molecule has 1 aromatic heterocycles. The predicted molar refractivity (Wildman–Crippen MR) is 102 cm³/mol. The summed E-state index contributed by atoms with van der Waals surface area (Å²) in [6, 6.07) is 12.8. The fraction of sp³-hybridized carbons (Fsp3) is 0.286. The van der Waals surface area contributed by atoms with Gasteiger partial charge in [-0.05, 0) is 29.7 Å². The van der Waals surface area contributed by atoms with Gasteiger partial charge in [-0.15, -0.1) is 0 Å². The molecule has 3 heterocycles. The van der Waals surface area contributed by atoms with Crippen LogP contribution in [0.5, 0.6) is 0 Å². The number of nitrogens with one attached hydrogen (secondary N) is 1. The standard InChI is InChI=1S/C21H19FN4O2/c22-16-6-3-7-17-19(16)20(24-23-17)26-12-15(10-18(26)27)21(28)25-9-8-13-4-1-2-5-14(13)11-25/h1-7,15H,8-12H2,(H,23,24)/t15-/m0/s1. The van der Waals surface area contributed by atoms with Gasteiger partial charge in [0.05, 0.1) is 16.8 Å². The number of hydrogen-bond acceptors (Lipinski definition) is 3. The van der Waals surface area contributed by atoms with Crippen LogP contribution in [0, 0.1) is 11.7 Å². The van der Waals surface area contributed by atoms with E-state index >= 15 is 0 Å². The van der Waals surface area contributed by atoms with Crippen molar-refractivity contribution in [3.8, 4) is 0 Å². The molecule has 1 N–H and O–H groups in total. The van der Waals surface area contributed by atoms with E-state index in [1.807, 2.05) is 23.1 Å². The SMILES string of the molecule is O=C([C@H]1CC(=O)N(c2n[nH]c3cccc(F)c23)C1)N1CCc2ccccc2C1. The van der Waals surface area contributed by atoms with E-state index < -0.39 is 11.7 Å². The highest BCUT2D eigenvalue weighted by molar-refractivity contribution is 6.05. The van der Waals surface area contributed by atoms with Crippen molar-refractivity contribution in [3.63, 3.8) is 0 Å². The van der Waals surface area contributed by atoms with E-state index in [1.54, 1.807) is 12.1 Å². The summed E-state index contributed by atoms with van der Waals surface area (Å²) in [7, 11) is 0. The number of halogens is 1. The number of rotatable bonds is 2. The molecule has 0 aliphatic carbocycles. The van der Waals surface area contributed by atoms with Gasteiger partial charge >= 0.3 is 0 Å². The lowest BCUT2D eigenvalue weighted by molar-refractivity contribution is -0.136. The van der Waals surface area contributed by atoms with Gasteiger partial charge in [0.15, 0.2) is 5.82 Å². The van der Waals surface area contributed by atoms with Crippen LogP contribution in [0.15, 0.2) is 42.5 Å². The molecule has 7 heteroatoms. The predicted octanol–water partition coefficient (Wildman–Crippen LogP) is 2.64. The quantitative estimate of drug-likeness (QED) is 0.745. The van der Waals surface area contributed by atoms with Gasteiger partial charge in [-0.2, -0.15) is 5.10 Å². The Labute approximate surface area is 160 Å². The minimum absolute atomic E-state index is 0.0225. The van der Waals surface area contributed by atoms with Crippen LogP contribution in [0.2, 0.25) is 0 Å². The van der Waals surface area contributed by atoms with Crippen molar-refractivity contribution in [2.24, 2.45) is 5.92 Å². The summed E-state index contributed by atoms with van der Waals surface area (Å²) >= 11 is 0. The van der Waals surface area contributed by atoms with E-state index in [4.69, 9.17) is 0 Å². The summed E-state index contributed by atoms with van der Waals surface area (Å²) in [5.41, 5.74) is 2.96. The second-order valence-electron chi connectivity index (χ2n) is 7.39. The normalized spacial score (nSPS) is 19.3. The molecule has 2 aliphatic rings. The number of nitrogens with zero attached hydrogens (tertiary/aromatic N) is 3. The van der Waals surface area contributed by atoms with E-state index in [-0.39, 0.29) is 36.0 Å². The third-order valence-corrected chi connectivity index (χ3v) is 5.69. The summed E-state index contributed by atoms with van der Waals surface area (Å²) in [6.45, 7) is 1.45. The smallest absolute Gasteiger partial charge is 0.229 e. The van der Waals surface area contributed by atoms with Crippen molar-refractivity contribution < 1.29 is 14.0 Å². The Bertz CT molecular complexity index is 1090. The van der Waals surface area contributed by atoms with Gasteiger partial charge < -0.3 is 4.90 Å². The number of amides is 2. The van der Waals surface area contributed by atoms with Crippen LogP contribution in [-0.2, 0) is 22.6 Å². The molecule has 1 saturated heterocycles. The first-order valence-electron chi connectivity index (χ1n) is 9.40. The van der Waals surface area contributed by atoms with E-state index in [2.05, 4.69) is 16.3 Å². The highest BCUT2D eigenvalue weighted by Gasteiger charge is 2.39. The molecule has 0 radical (unpaired) electrons. The van der Waals surface area contributed by atoms with Crippen LogP contribution in [0.25, 0.3) is 10.9 Å². The maximum Gasteiger partial charge on any atom is 0.229 e. The number of aromatic nitrogens is 2. The lowest BCUT2D eigenvalue weighted by Crippen LogP contribution is -2.40. The van der Waals surface area contributed by atoms with Gasteiger partial charge in [0.25, 0.3) is 0 Å². The Morgan fingerprint density at radius 3 is 2.82 bits per heavy atom. The monoisotopic (exact) mass is 378 g/mol. The van der Waals surface area contributed by atoms with Crippen molar-refractivity contribution >= 4 is 28.5 Å². The Balaban J connectivity index is 1.37. The summed E-state index contributed by atoms with van der Waals surface area (Å²) < 4.78 is 14.3. The first-order valence-corrected chi connectivity index (χ1v) is 9.40. The highest BCUT2D eigenvalue weighted by Crippen LogP contribution is 2.32. The molecular formula is C21H19FN4O2. The molecule has 0 saturated carbocycles. The van der Waals surface area contributed by atoms with Crippen LogP contribution < -0.4 is 4.90 Å². The van der Waals surface area contributed by atoms with Crippen molar-refractivity contribution in [3.05, 3.63) is 59.4 Å². The molecule has 142 valence electrons. The fourth-order valence-corrected chi connectivity index (χ4v) is 4.23. The molecule has 0 bridgehead atoms. The Kier molecular flexibility index (Phi) is 3.89. The largest absolute Gasteiger partial charge is 0.338 e. The molecule has 0 spiro atoms. The van der Waals surface area contributed by atoms with Crippen LogP contribution >= 0.6 is 0 Å². The van der Waals surface area contributed by atoms with Gasteiger partial charge in [-0.1, -0.05) is 30.3 Å². The average molecular weight is 378 g/mol. The molecule has 0 unspecified atom stereocenters. The minimum atomic E-state index is -0.434. The van der Waals surface area contributed by atoms with Crippen molar-refractivity contribution in [1.82, 2.24) is 15.1 Å². The van der Waals surface area contributed by atoms with Crippen molar-refractivity contribution in [2.75, 3.05) is 18.0 Å². The van der Waals surface area contributed by atoms with Gasteiger partial charge in [-0.25, -0.2) is 4.39 Å². The van der Waals surface area contributed by atoms with Gasteiger partial charge in [0.1, 0.15) is 5.82 Å². The zero-order valence-corrected chi connectivity index (χ0v) is 15.2. The lowest BCUT2D eigenvalue weighted by atomic mass is 9.98. The van der Waals surface area contributed by atoms with Crippen molar-refractivity contribution in [2.45, 2.75) is 19.4 Å². The van der Waals surface area contributed by atoms with E-state index in [0.29, 0.717) is 18.6 Å². The zero-order valence-electron chi connectivity index (χ0n) is 15.2. The zero-order chi connectivity index (χ0) is 19.3. The maximum absolute atomic E-state index is 14.3. The summed E-state index contributed by atoms with van der Waals surface area (Å²) in [5.74, 6) is -0.830. The number of anilines is 1. The van der Waals surface area contributed by atoms with Crippen LogP contribution in [0.3, 0.4) is 0 Å². The van der Waals surface area contributed by atoms with Crippen LogP contribution in [-0.4, -0.2) is 40.0 Å². The van der Waals surface area contributed by atoms with Gasteiger partial charge in [0, 0.05) is 26.1 Å². The second kappa shape index (κ2) is 6.44. The third-order valence-electron chi connectivity index (χ3n) is 5.69. The fourth-order valence-electron chi connectivity index (χ4n) is 4.23. The summed E-state index contributed by atoms with van der Waals surface area (Å²) in [4.78, 5) is 28.9. The molecule has 2 aromatic carbocycles. The molecule has 2 aliphatic heterocycles. The third kappa shape index (κ3) is 2.66.